The minimum absolute atomic E-state index is 0.204. The lowest BCUT2D eigenvalue weighted by atomic mass is 10.2. The second-order valence-electron chi connectivity index (χ2n) is 3.09. The van der Waals surface area contributed by atoms with Gasteiger partial charge in [-0.3, -0.25) is 9.59 Å². The van der Waals surface area contributed by atoms with Crippen molar-refractivity contribution < 1.29 is 24.0 Å². The van der Waals surface area contributed by atoms with E-state index in [0.717, 1.165) is 0 Å². The van der Waals surface area contributed by atoms with Gasteiger partial charge < -0.3 is 9.84 Å². The smallest absolute Gasteiger partial charge is 0.307 e. The van der Waals surface area contributed by atoms with Gasteiger partial charge in [-0.05, 0) is 0 Å². The van der Waals surface area contributed by atoms with Crippen LogP contribution in [0.25, 0.3) is 0 Å². The SMILES string of the molecule is CCC(=O)OC(C=[N+](C)C)CC(=O)O. The van der Waals surface area contributed by atoms with E-state index in [2.05, 4.69) is 0 Å². The molecule has 0 aliphatic carbocycles. The van der Waals surface area contributed by atoms with Crippen molar-refractivity contribution in [3.05, 3.63) is 0 Å². The lowest BCUT2D eigenvalue weighted by Crippen LogP contribution is -2.25. The molecule has 1 atom stereocenters. The fourth-order valence-corrected chi connectivity index (χ4v) is 0.882. The molecule has 0 saturated heterocycles. The van der Waals surface area contributed by atoms with Gasteiger partial charge in [0.1, 0.15) is 14.1 Å². The minimum atomic E-state index is -0.989. The van der Waals surface area contributed by atoms with E-state index < -0.39 is 18.0 Å². The maximum atomic E-state index is 10.9. The molecule has 0 aromatic heterocycles. The topological polar surface area (TPSA) is 66.6 Å². The average Bonchev–Trinajstić information content (AvgIpc) is 2.01. The van der Waals surface area contributed by atoms with Crippen molar-refractivity contribution in [3.63, 3.8) is 0 Å². The number of carbonyl (C=O) groups excluding carboxylic acids is 1. The zero-order valence-corrected chi connectivity index (χ0v) is 8.69. The van der Waals surface area contributed by atoms with Crippen molar-refractivity contribution in [2.45, 2.75) is 25.9 Å². The van der Waals surface area contributed by atoms with Gasteiger partial charge in [0.2, 0.25) is 0 Å². The maximum Gasteiger partial charge on any atom is 0.307 e. The molecule has 1 N–H and O–H groups in total. The van der Waals surface area contributed by atoms with Crippen LogP contribution in [0.15, 0.2) is 0 Å². The summed E-state index contributed by atoms with van der Waals surface area (Å²) < 4.78 is 6.57. The van der Waals surface area contributed by atoms with Crippen LogP contribution in [0, 0.1) is 0 Å². The molecule has 0 saturated carbocycles. The van der Waals surface area contributed by atoms with Gasteiger partial charge in [0.05, 0.1) is 6.42 Å². The molecule has 1 unspecified atom stereocenters. The van der Waals surface area contributed by atoms with Gasteiger partial charge >= 0.3 is 11.9 Å². The highest BCUT2D eigenvalue weighted by molar-refractivity contribution is 5.77. The highest BCUT2D eigenvalue weighted by Crippen LogP contribution is 1.98. The molecule has 0 heterocycles. The van der Waals surface area contributed by atoms with Crippen molar-refractivity contribution in [1.29, 1.82) is 0 Å². The Morgan fingerprint density at radius 1 is 1.50 bits per heavy atom. The Hall–Kier alpha value is -1.39. The third kappa shape index (κ3) is 6.16. The van der Waals surface area contributed by atoms with E-state index in [9.17, 15) is 9.59 Å². The molecule has 5 nitrogen and oxygen atoms in total. The van der Waals surface area contributed by atoms with Crippen LogP contribution in [0.5, 0.6) is 0 Å². The number of carboxylic acids is 1. The molecule has 80 valence electrons. The molecule has 0 aromatic carbocycles. The quantitative estimate of drug-likeness (QED) is 0.391. The summed E-state index contributed by atoms with van der Waals surface area (Å²) in [5, 5.41) is 8.55. The second kappa shape index (κ2) is 6.12. The number of hydrogen-bond donors (Lipinski definition) is 1. The van der Waals surface area contributed by atoms with Crippen molar-refractivity contribution in [1.82, 2.24) is 0 Å². The summed E-state index contributed by atoms with van der Waals surface area (Å²) in [5.41, 5.74) is 0. The Morgan fingerprint density at radius 2 is 2.07 bits per heavy atom. The van der Waals surface area contributed by atoms with Crippen LogP contribution in [0.3, 0.4) is 0 Å². The Balaban J connectivity index is 4.32. The highest BCUT2D eigenvalue weighted by Gasteiger charge is 2.18. The summed E-state index contributed by atoms with van der Waals surface area (Å²) in [6.45, 7) is 1.66. The number of nitrogens with zero attached hydrogens (tertiary/aromatic N) is 1. The zero-order valence-electron chi connectivity index (χ0n) is 8.69. The first-order valence-corrected chi connectivity index (χ1v) is 4.38. The van der Waals surface area contributed by atoms with E-state index >= 15 is 0 Å². The number of ether oxygens (including phenoxy) is 1. The molecule has 0 rings (SSSR count). The van der Waals surface area contributed by atoms with E-state index in [4.69, 9.17) is 9.84 Å². The van der Waals surface area contributed by atoms with Crippen LogP contribution in [-0.2, 0) is 14.3 Å². The fourth-order valence-electron chi connectivity index (χ4n) is 0.882. The molecule has 0 bridgehead atoms. The lowest BCUT2D eigenvalue weighted by Gasteiger charge is -2.08. The number of carboxylic acid groups (broad SMARTS) is 1. The standard InChI is InChI=1S/C9H15NO4/c1-4-9(13)14-7(5-8(11)12)6-10(2)3/h6-7H,4-5H2,1-3H3/p+1. The minimum Gasteiger partial charge on any atom is -0.481 e. The predicted octanol–water partition coefficient (Wildman–Crippen LogP) is 0.126. The third-order valence-corrected chi connectivity index (χ3v) is 1.41. The number of hydrogen-bond acceptors (Lipinski definition) is 3. The molecule has 0 aliphatic heterocycles. The third-order valence-electron chi connectivity index (χ3n) is 1.41. The van der Waals surface area contributed by atoms with E-state index in [0.29, 0.717) is 0 Å². The molecular formula is C9H16NO4+. The Bertz CT molecular complexity index is 243. The van der Waals surface area contributed by atoms with Crippen molar-refractivity contribution in [3.8, 4) is 0 Å². The zero-order chi connectivity index (χ0) is 11.1. The Labute approximate surface area is 83.0 Å². The van der Waals surface area contributed by atoms with Gasteiger partial charge in [0, 0.05) is 6.42 Å². The molecule has 0 aliphatic rings. The Kier molecular flexibility index (Phi) is 5.52. The van der Waals surface area contributed by atoms with Crippen LogP contribution in [0.1, 0.15) is 19.8 Å². The molecule has 5 heteroatoms. The van der Waals surface area contributed by atoms with Crippen LogP contribution in [0.2, 0.25) is 0 Å². The van der Waals surface area contributed by atoms with Gasteiger partial charge in [-0.25, -0.2) is 4.58 Å². The van der Waals surface area contributed by atoms with E-state index in [1.54, 1.807) is 31.8 Å². The fraction of sp³-hybridized carbons (Fsp3) is 0.667. The summed E-state index contributed by atoms with van der Waals surface area (Å²) in [4.78, 5) is 21.4. The lowest BCUT2D eigenvalue weighted by molar-refractivity contribution is -0.462. The second-order valence-corrected chi connectivity index (χ2v) is 3.09. The molecular weight excluding hydrogens is 186 g/mol. The van der Waals surface area contributed by atoms with Crippen molar-refractivity contribution in [2.75, 3.05) is 14.1 Å². The van der Waals surface area contributed by atoms with Crippen LogP contribution in [-0.4, -0.2) is 48.0 Å². The predicted molar refractivity (Wildman–Crippen MR) is 50.6 cm³/mol. The maximum absolute atomic E-state index is 10.9. The van der Waals surface area contributed by atoms with Gasteiger partial charge in [-0.15, -0.1) is 0 Å². The first-order valence-electron chi connectivity index (χ1n) is 4.38. The van der Waals surface area contributed by atoms with Gasteiger partial charge in [0.15, 0.2) is 12.3 Å². The molecule has 14 heavy (non-hydrogen) atoms. The van der Waals surface area contributed by atoms with Crippen molar-refractivity contribution >= 4 is 18.2 Å². The summed E-state index contributed by atoms with van der Waals surface area (Å²) in [6, 6.07) is 0. The summed E-state index contributed by atoms with van der Waals surface area (Å²) in [6.07, 6.45) is 0.915. The van der Waals surface area contributed by atoms with Crippen LogP contribution < -0.4 is 0 Å². The number of carbonyl (C=O) groups is 2. The highest BCUT2D eigenvalue weighted by atomic mass is 16.5. The van der Waals surface area contributed by atoms with Gasteiger partial charge in [-0.1, -0.05) is 6.92 Å². The first-order chi connectivity index (χ1) is 6.45. The van der Waals surface area contributed by atoms with Gasteiger partial charge in [0.25, 0.3) is 0 Å². The summed E-state index contributed by atoms with van der Waals surface area (Å²) >= 11 is 0. The van der Waals surface area contributed by atoms with Crippen LogP contribution in [0.4, 0.5) is 0 Å². The molecule has 0 fully saturated rings. The molecule has 0 aromatic rings. The van der Waals surface area contributed by atoms with E-state index in [-0.39, 0.29) is 12.8 Å². The molecule has 0 spiro atoms. The molecule has 0 amide bonds. The normalized spacial score (nSPS) is 11.6. The largest absolute Gasteiger partial charge is 0.481 e. The Morgan fingerprint density at radius 3 is 2.43 bits per heavy atom. The summed E-state index contributed by atoms with van der Waals surface area (Å²) in [7, 11) is 3.49. The average molecular weight is 202 g/mol. The van der Waals surface area contributed by atoms with Crippen LogP contribution >= 0.6 is 0 Å². The first kappa shape index (κ1) is 12.6. The number of rotatable bonds is 5. The molecule has 0 radical (unpaired) electrons. The van der Waals surface area contributed by atoms with Gasteiger partial charge in [-0.2, -0.15) is 0 Å². The monoisotopic (exact) mass is 202 g/mol. The number of aliphatic carboxylic acids is 1. The summed E-state index contributed by atoms with van der Waals surface area (Å²) in [5.74, 6) is -1.38. The van der Waals surface area contributed by atoms with E-state index in [1.165, 1.54) is 0 Å². The number of esters is 1. The van der Waals surface area contributed by atoms with Crippen molar-refractivity contribution in [2.24, 2.45) is 0 Å². The van der Waals surface area contributed by atoms with E-state index in [1.807, 2.05) is 0 Å².